The molecule has 0 radical (unpaired) electrons. The zero-order valence-electron chi connectivity index (χ0n) is 7.06. The van der Waals surface area contributed by atoms with Crippen molar-refractivity contribution >= 4 is 15.9 Å². The van der Waals surface area contributed by atoms with Crippen molar-refractivity contribution in [3.05, 3.63) is 28.0 Å². The lowest BCUT2D eigenvalue weighted by Crippen LogP contribution is -1.95. The topological polar surface area (TPSA) is 12.9 Å². The third kappa shape index (κ3) is 2.03. The van der Waals surface area contributed by atoms with Crippen molar-refractivity contribution in [1.29, 1.82) is 0 Å². The summed E-state index contributed by atoms with van der Waals surface area (Å²) in [4.78, 5) is 4.33. The Balaban J connectivity index is 3.09. The molecule has 0 saturated carbocycles. The molecule has 1 nitrogen and oxygen atoms in total. The molecular weight excluding hydrogens is 202 g/mol. The van der Waals surface area contributed by atoms with Crippen molar-refractivity contribution in [1.82, 2.24) is 4.98 Å². The molecule has 0 aliphatic rings. The molecule has 11 heavy (non-hydrogen) atoms. The first kappa shape index (κ1) is 8.72. The number of aryl methyl sites for hydroxylation is 1. The highest BCUT2D eigenvalue weighted by Gasteiger charge is 2.03. The maximum Gasteiger partial charge on any atom is 0.0458 e. The van der Waals surface area contributed by atoms with Crippen LogP contribution in [-0.2, 0) is 0 Å². The molecule has 0 saturated heterocycles. The molecule has 1 rings (SSSR count). The highest BCUT2D eigenvalue weighted by Crippen LogP contribution is 2.19. The first-order chi connectivity index (χ1) is 5.11. The van der Waals surface area contributed by atoms with Gasteiger partial charge in [0.1, 0.15) is 0 Å². The molecule has 0 aromatic carbocycles. The molecule has 0 amide bonds. The summed E-state index contributed by atoms with van der Waals surface area (Å²) in [5, 5.41) is 0. The van der Waals surface area contributed by atoms with Crippen LogP contribution in [0.15, 0.2) is 16.7 Å². The largest absolute Gasteiger partial charge is 0.260 e. The molecule has 0 fully saturated rings. The Bertz CT molecular complexity index is 256. The van der Waals surface area contributed by atoms with E-state index in [0.29, 0.717) is 5.92 Å². The highest BCUT2D eigenvalue weighted by molar-refractivity contribution is 9.10. The molecule has 0 N–H and O–H groups in total. The van der Waals surface area contributed by atoms with Gasteiger partial charge in [0.2, 0.25) is 0 Å². The van der Waals surface area contributed by atoms with Crippen LogP contribution in [0, 0.1) is 6.92 Å². The highest BCUT2D eigenvalue weighted by atomic mass is 79.9. The lowest BCUT2D eigenvalue weighted by molar-refractivity contribution is 0.810. The van der Waals surface area contributed by atoms with E-state index >= 15 is 0 Å². The van der Waals surface area contributed by atoms with Crippen molar-refractivity contribution in [2.45, 2.75) is 26.7 Å². The quantitative estimate of drug-likeness (QED) is 0.699. The summed E-state index contributed by atoms with van der Waals surface area (Å²) in [6.07, 6.45) is 1.85. The van der Waals surface area contributed by atoms with Crippen molar-refractivity contribution in [3.63, 3.8) is 0 Å². The number of aromatic nitrogens is 1. The maximum absolute atomic E-state index is 4.33. The zero-order chi connectivity index (χ0) is 8.43. The molecule has 1 aromatic rings. The fourth-order valence-corrected chi connectivity index (χ4v) is 1.60. The van der Waals surface area contributed by atoms with Crippen LogP contribution in [0.2, 0.25) is 0 Å². The van der Waals surface area contributed by atoms with E-state index < -0.39 is 0 Å². The number of pyridine rings is 1. The van der Waals surface area contributed by atoms with Crippen LogP contribution < -0.4 is 0 Å². The predicted octanol–water partition coefficient (Wildman–Crippen LogP) is 3.28. The van der Waals surface area contributed by atoms with E-state index in [2.05, 4.69) is 47.8 Å². The van der Waals surface area contributed by atoms with Crippen LogP contribution in [-0.4, -0.2) is 4.98 Å². The van der Waals surface area contributed by atoms with Gasteiger partial charge in [-0.1, -0.05) is 13.8 Å². The van der Waals surface area contributed by atoms with Crippen LogP contribution in [0.1, 0.15) is 31.0 Å². The van der Waals surface area contributed by atoms with E-state index in [0.717, 1.165) is 4.47 Å². The Morgan fingerprint density at radius 3 is 2.55 bits per heavy atom. The zero-order valence-corrected chi connectivity index (χ0v) is 8.64. The second kappa shape index (κ2) is 3.35. The number of nitrogens with zero attached hydrogens (tertiary/aromatic N) is 1. The van der Waals surface area contributed by atoms with Crippen LogP contribution in [0.25, 0.3) is 0 Å². The molecule has 0 bridgehead atoms. The van der Waals surface area contributed by atoms with Gasteiger partial charge in [-0.15, -0.1) is 0 Å². The average Bonchev–Trinajstić information content (AvgIpc) is 1.85. The summed E-state index contributed by atoms with van der Waals surface area (Å²) in [6.45, 7) is 6.40. The third-order valence-electron chi connectivity index (χ3n) is 1.63. The fourth-order valence-electron chi connectivity index (χ4n) is 1.16. The van der Waals surface area contributed by atoms with Crippen molar-refractivity contribution in [2.24, 2.45) is 0 Å². The number of halogens is 1. The van der Waals surface area contributed by atoms with Crippen LogP contribution in [0.5, 0.6) is 0 Å². The summed E-state index contributed by atoms with van der Waals surface area (Å²) in [5.74, 6) is 0.517. The van der Waals surface area contributed by atoms with Gasteiger partial charge in [0, 0.05) is 16.4 Å². The summed E-state index contributed by atoms with van der Waals surface area (Å²) in [7, 11) is 0. The molecular formula is C9H12BrN. The standard InChI is InChI=1S/C9H12BrN/c1-6(2)9-7(3)4-8(10)5-11-9/h4-6H,1-3H3. The minimum Gasteiger partial charge on any atom is -0.260 e. The van der Waals surface area contributed by atoms with Gasteiger partial charge in [0.25, 0.3) is 0 Å². The number of hydrogen-bond acceptors (Lipinski definition) is 1. The van der Waals surface area contributed by atoms with E-state index in [1.165, 1.54) is 11.3 Å². The molecule has 1 heterocycles. The Hall–Kier alpha value is -0.370. The second-order valence-electron chi connectivity index (χ2n) is 3.01. The van der Waals surface area contributed by atoms with Gasteiger partial charge < -0.3 is 0 Å². The smallest absolute Gasteiger partial charge is 0.0458 e. The van der Waals surface area contributed by atoms with Gasteiger partial charge in [-0.05, 0) is 40.4 Å². The molecule has 60 valence electrons. The molecule has 0 unspecified atom stereocenters. The number of rotatable bonds is 1. The van der Waals surface area contributed by atoms with E-state index in [9.17, 15) is 0 Å². The molecule has 2 heteroatoms. The Labute approximate surface area is 76.0 Å². The Morgan fingerprint density at radius 1 is 1.45 bits per heavy atom. The van der Waals surface area contributed by atoms with Crippen molar-refractivity contribution in [2.75, 3.05) is 0 Å². The molecule has 1 aromatic heterocycles. The van der Waals surface area contributed by atoms with Crippen molar-refractivity contribution < 1.29 is 0 Å². The Morgan fingerprint density at radius 2 is 2.09 bits per heavy atom. The number of hydrogen-bond donors (Lipinski definition) is 0. The van der Waals surface area contributed by atoms with Gasteiger partial charge in [-0.2, -0.15) is 0 Å². The SMILES string of the molecule is Cc1cc(Br)cnc1C(C)C. The Kier molecular flexibility index (Phi) is 2.66. The average molecular weight is 214 g/mol. The van der Waals surface area contributed by atoms with Crippen molar-refractivity contribution in [3.8, 4) is 0 Å². The third-order valence-corrected chi connectivity index (χ3v) is 2.07. The summed E-state index contributed by atoms with van der Waals surface area (Å²) >= 11 is 3.38. The first-order valence-corrected chi connectivity index (χ1v) is 4.52. The van der Waals surface area contributed by atoms with E-state index in [1.807, 2.05) is 6.20 Å². The van der Waals surface area contributed by atoms with Gasteiger partial charge in [-0.3, -0.25) is 4.98 Å². The molecule has 0 atom stereocenters. The normalized spacial score (nSPS) is 10.6. The first-order valence-electron chi connectivity index (χ1n) is 3.73. The van der Waals surface area contributed by atoms with Crippen LogP contribution in [0.4, 0.5) is 0 Å². The molecule has 0 aliphatic carbocycles. The maximum atomic E-state index is 4.33. The molecule has 0 aliphatic heterocycles. The fraction of sp³-hybridized carbons (Fsp3) is 0.444. The minimum absolute atomic E-state index is 0.517. The summed E-state index contributed by atoms with van der Waals surface area (Å²) < 4.78 is 1.06. The minimum atomic E-state index is 0.517. The molecule has 0 spiro atoms. The second-order valence-corrected chi connectivity index (χ2v) is 3.93. The van der Waals surface area contributed by atoms with Crippen LogP contribution >= 0.6 is 15.9 Å². The van der Waals surface area contributed by atoms with Gasteiger partial charge in [0.05, 0.1) is 0 Å². The lowest BCUT2D eigenvalue weighted by atomic mass is 10.1. The van der Waals surface area contributed by atoms with E-state index in [1.54, 1.807) is 0 Å². The van der Waals surface area contributed by atoms with Gasteiger partial charge in [0.15, 0.2) is 0 Å². The lowest BCUT2D eigenvalue weighted by Gasteiger charge is -2.07. The summed E-state index contributed by atoms with van der Waals surface area (Å²) in [6, 6.07) is 2.10. The van der Waals surface area contributed by atoms with Gasteiger partial charge in [-0.25, -0.2) is 0 Å². The predicted molar refractivity (Wildman–Crippen MR) is 50.8 cm³/mol. The van der Waals surface area contributed by atoms with E-state index in [4.69, 9.17) is 0 Å². The monoisotopic (exact) mass is 213 g/mol. The van der Waals surface area contributed by atoms with Crippen LogP contribution in [0.3, 0.4) is 0 Å². The van der Waals surface area contributed by atoms with E-state index in [-0.39, 0.29) is 0 Å². The summed E-state index contributed by atoms with van der Waals surface area (Å²) in [5.41, 5.74) is 2.45. The van der Waals surface area contributed by atoms with Gasteiger partial charge >= 0.3 is 0 Å².